The van der Waals surface area contributed by atoms with Crippen LogP contribution in [0, 0.1) is 0 Å². The van der Waals surface area contributed by atoms with E-state index in [1.807, 2.05) is 0 Å². The SMILES string of the molecule is CC1=CC(C)(S(=O)(=O)C2(C)C=C(C)N=N2)N=N1. The molecule has 2 heterocycles. The van der Waals surface area contributed by atoms with Crippen LogP contribution in [0.2, 0.25) is 0 Å². The van der Waals surface area contributed by atoms with Gasteiger partial charge >= 0.3 is 0 Å². The van der Waals surface area contributed by atoms with Crippen LogP contribution in [0.3, 0.4) is 0 Å². The Bertz CT molecular complexity index is 541. The van der Waals surface area contributed by atoms with Crippen LogP contribution in [-0.2, 0) is 9.84 Å². The molecule has 0 radical (unpaired) electrons. The topological polar surface area (TPSA) is 83.6 Å². The normalized spacial score (nSPS) is 36.2. The molecular formula is C10H14N4O2S. The highest BCUT2D eigenvalue weighted by Gasteiger charge is 2.53. The Morgan fingerprint density at radius 1 is 0.941 bits per heavy atom. The van der Waals surface area contributed by atoms with Gasteiger partial charge in [0, 0.05) is 0 Å². The van der Waals surface area contributed by atoms with Crippen molar-refractivity contribution in [3.63, 3.8) is 0 Å². The Balaban J connectivity index is 2.54. The summed E-state index contributed by atoms with van der Waals surface area (Å²) in [6.07, 6.45) is 3.06. The highest BCUT2D eigenvalue weighted by atomic mass is 32.2. The van der Waals surface area contributed by atoms with Gasteiger partial charge in [-0.05, 0) is 39.8 Å². The number of sulfone groups is 1. The van der Waals surface area contributed by atoms with Gasteiger partial charge < -0.3 is 0 Å². The predicted molar refractivity (Wildman–Crippen MR) is 63.0 cm³/mol. The van der Waals surface area contributed by atoms with Gasteiger partial charge in [-0.25, -0.2) is 8.42 Å². The van der Waals surface area contributed by atoms with Crippen LogP contribution in [0.5, 0.6) is 0 Å². The molecule has 2 unspecified atom stereocenters. The molecule has 0 aromatic rings. The summed E-state index contributed by atoms with van der Waals surface area (Å²) in [5.41, 5.74) is 1.19. The van der Waals surface area contributed by atoms with E-state index in [4.69, 9.17) is 0 Å². The molecule has 0 amide bonds. The smallest absolute Gasteiger partial charge is 0.212 e. The average molecular weight is 254 g/mol. The Labute approximate surface area is 100 Å². The van der Waals surface area contributed by atoms with Gasteiger partial charge in [0.25, 0.3) is 0 Å². The molecule has 2 aliphatic heterocycles. The van der Waals surface area contributed by atoms with Crippen molar-refractivity contribution in [3.05, 3.63) is 23.5 Å². The zero-order valence-corrected chi connectivity index (χ0v) is 11.0. The molecule has 2 rings (SSSR count). The Hall–Kier alpha value is -1.37. The summed E-state index contributed by atoms with van der Waals surface area (Å²) < 4.78 is 25.1. The average Bonchev–Trinajstić information content (AvgIpc) is 2.73. The van der Waals surface area contributed by atoms with Crippen molar-refractivity contribution < 1.29 is 8.42 Å². The number of hydrogen-bond donors (Lipinski definition) is 0. The minimum Gasteiger partial charge on any atom is -0.223 e. The number of azo groups is 2. The molecule has 92 valence electrons. The molecular weight excluding hydrogens is 240 g/mol. The lowest BCUT2D eigenvalue weighted by Crippen LogP contribution is -2.43. The standard InChI is InChI=1S/C10H14N4O2S/c1-7-5-9(3,13-11-7)17(15,16)10(4)6-8(2)12-14-10/h5-6H,1-4H3. The fraction of sp³-hybridized carbons (Fsp3) is 0.600. The van der Waals surface area contributed by atoms with Gasteiger partial charge in [0.05, 0.1) is 11.4 Å². The van der Waals surface area contributed by atoms with E-state index in [0.717, 1.165) is 0 Å². The lowest BCUT2D eigenvalue weighted by molar-refractivity contribution is 0.536. The molecule has 0 fully saturated rings. The monoisotopic (exact) mass is 254 g/mol. The molecule has 0 saturated carbocycles. The summed E-state index contributed by atoms with van der Waals surface area (Å²) in [5.74, 6) is 0. The highest BCUT2D eigenvalue weighted by molar-refractivity contribution is 7.94. The van der Waals surface area contributed by atoms with Gasteiger partial charge in [-0.2, -0.15) is 20.5 Å². The molecule has 17 heavy (non-hydrogen) atoms. The van der Waals surface area contributed by atoms with Gasteiger partial charge in [0.15, 0.2) is 0 Å². The lowest BCUT2D eigenvalue weighted by Gasteiger charge is -2.26. The second-order valence-corrected chi connectivity index (χ2v) is 7.24. The van der Waals surface area contributed by atoms with Gasteiger partial charge in [0.2, 0.25) is 19.6 Å². The van der Waals surface area contributed by atoms with Gasteiger partial charge in [-0.1, -0.05) is 0 Å². The minimum atomic E-state index is -3.68. The predicted octanol–water partition coefficient (Wildman–Crippen LogP) is 2.57. The van der Waals surface area contributed by atoms with E-state index in [-0.39, 0.29) is 0 Å². The largest absolute Gasteiger partial charge is 0.223 e. The van der Waals surface area contributed by atoms with Crippen molar-refractivity contribution >= 4 is 9.84 Å². The van der Waals surface area contributed by atoms with Crippen molar-refractivity contribution in [2.45, 2.75) is 37.4 Å². The first kappa shape index (κ1) is 12.1. The zero-order valence-electron chi connectivity index (χ0n) is 10.2. The minimum absolute atomic E-state index is 0.593. The van der Waals surface area contributed by atoms with Crippen LogP contribution >= 0.6 is 0 Å². The van der Waals surface area contributed by atoms with Crippen molar-refractivity contribution in [2.24, 2.45) is 20.5 Å². The second kappa shape index (κ2) is 3.32. The Kier molecular flexibility index (Phi) is 2.36. The lowest BCUT2D eigenvalue weighted by atomic mass is 10.3. The molecule has 0 N–H and O–H groups in total. The molecule has 0 spiro atoms. The first-order valence-electron chi connectivity index (χ1n) is 5.19. The summed E-state index contributed by atoms with van der Waals surface area (Å²) in [5, 5.41) is 15.3. The third-order valence-corrected chi connectivity index (χ3v) is 5.43. The van der Waals surface area contributed by atoms with E-state index in [2.05, 4.69) is 20.5 Å². The van der Waals surface area contributed by atoms with Crippen molar-refractivity contribution in [3.8, 4) is 0 Å². The van der Waals surface area contributed by atoms with E-state index in [9.17, 15) is 8.42 Å². The number of rotatable bonds is 2. The van der Waals surface area contributed by atoms with Gasteiger partial charge in [-0.3, -0.25) is 0 Å². The van der Waals surface area contributed by atoms with E-state index in [1.54, 1.807) is 13.8 Å². The fourth-order valence-corrected chi connectivity index (χ4v) is 3.71. The quantitative estimate of drug-likeness (QED) is 0.758. The maximum atomic E-state index is 12.6. The molecule has 6 nitrogen and oxygen atoms in total. The van der Waals surface area contributed by atoms with E-state index >= 15 is 0 Å². The molecule has 7 heteroatoms. The number of allylic oxidation sites excluding steroid dienone is 2. The van der Waals surface area contributed by atoms with Gasteiger partial charge in [-0.15, -0.1) is 0 Å². The van der Waals surface area contributed by atoms with Crippen LogP contribution in [0.1, 0.15) is 27.7 Å². The third kappa shape index (κ3) is 1.56. The summed E-state index contributed by atoms with van der Waals surface area (Å²) in [6, 6.07) is 0. The van der Waals surface area contributed by atoms with Gasteiger partial charge in [0.1, 0.15) is 0 Å². The van der Waals surface area contributed by atoms with Crippen LogP contribution in [0.15, 0.2) is 44.0 Å². The molecule has 0 bridgehead atoms. The van der Waals surface area contributed by atoms with Crippen molar-refractivity contribution in [2.75, 3.05) is 0 Å². The molecule has 0 saturated heterocycles. The first-order chi connectivity index (χ1) is 7.70. The molecule has 0 aromatic carbocycles. The summed E-state index contributed by atoms with van der Waals surface area (Å²) >= 11 is 0. The van der Waals surface area contributed by atoms with Crippen LogP contribution in [0.25, 0.3) is 0 Å². The van der Waals surface area contributed by atoms with E-state index in [1.165, 1.54) is 26.0 Å². The molecule has 0 aromatic heterocycles. The summed E-state index contributed by atoms with van der Waals surface area (Å²) in [4.78, 5) is -2.71. The van der Waals surface area contributed by atoms with E-state index in [0.29, 0.717) is 11.4 Å². The Morgan fingerprint density at radius 3 is 1.53 bits per heavy atom. The van der Waals surface area contributed by atoms with Crippen molar-refractivity contribution in [1.82, 2.24) is 0 Å². The van der Waals surface area contributed by atoms with E-state index < -0.39 is 19.6 Å². The maximum Gasteiger partial charge on any atom is 0.212 e. The maximum absolute atomic E-state index is 12.6. The third-order valence-electron chi connectivity index (χ3n) is 2.85. The van der Waals surface area contributed by atoms with Crippen LogP contribution in [-0.4, -0.2) is 18.2 Å². The first-order valence-corrected chi connectivity index (χ1v) is 6.67. The fourth-order valence-electron chi connectivity index (χ4n) is 1.93. The van der Waals surface area contributed by atoms with Crippen molar-refractivity contribution in [1.29, 1.82) is 0 Å². The van der Waals surface area contributed by atoms with Crippen LogP contribution in [0.4, 0.5) is 0 Å². The summed E-state index contributed by atoms with van der Waals surface area (Å²) in [7, 11) is -3.68. The molecule has 0 aliphatic carbocycles. The van der Waals surface area contributed by atoms with Crippen LogP contribution < -0.4 is 0 Å². The number of hydrogen-bond acceptors (Lipinski definition) is 6. The number of nitrogens with zero attached hydrogens (tertiary/aromatic N) is 4. The Morgan fingerprint density at radius 2 is 1.29 bits per heavy atom. The molecule has 2 aliphatic rings. The molecule has 2 atom stereocenters. The second-order valence-electron chi connectivity index (χ2n) is 4.58. The highest BCUT2D eigenvalue weighted by Crippen LogP contribution is 2.40. The zero-order chi connectivity index (χ0) is 12.9. The summed E-state index contributed by atoms with van der Waals surface area (Å²) in [6.45, 7) is 6.46.